The van der Waals surface area contributed by atoms with Crippen molar-refractivity contribution in [2.45, 2.75) is 347 Å². The normalized spacial score (nSPS) is 13.9. The largest absolute Gasteiger partial charge is 0.756 e. The standard InChI is InChI=1S/C67H131N2O6P/c1-6-8-10-12-14-16-18-20-21-22-23-24-25-26-27-28-29-30-31-32-33-34-35-36-37-38-39-40-41-42-43-44-45-46-47-49-51-53-55-57-59-61-67(71)68-65(64-75-76(72,73)74-63-62-69(3,4)5)66(70)60-58-56-54-52-50-48-19-17-15-13-11-9-7-2/h15,17,50,52,58,60,65-66,70H,6-14,16,18-49,51,53-57,59,61-64H2,1-5H3,(H-,68,71,72,73)/b17-15+,52-50+,60-58+. The van der Waals surface area contributed by atoms with Crippen LogP contribution in [-0.4, -0.2) is 68.5 Å². The molecule has 2 N–H and O–H groups in total. The molecular weight excluding hydrogens is 960 g/mol. The lowest BCUT2D eigenvalue weighted by Crippen LogP contribution is -2.45. The van der Waals surface area contributed by atoms with Gasteiger partial charge in [-0.25, -0.2) is 0 Å². The van der Waals surface area contributed by atoms with E-state index in [1.807, 2.05) is 27.2 Å². The van der Waals surface area contributed by atoms with Crippen LogP contribution in [0.4, 0.5) is 0 Å². The van der Waals surface area contributed by atoms with Crippen molar-refractivity contribution in [3.8, 4) is 0 Å². The number of quaternary nitrogens is 1. The van der Waals surface area contributed by atoms with Gasteiger partial charge in [0.25, 0.3) is 7.82 Å². The number of carbonyl (C=O) groups excluding carboxylic acids is 1. The smallest absolute Gasteiger partial charge is 0.268 e. The molecule has 0 saturated heterocycles. The van der Waals surface area contributed by atoms with Crippen LogP contribution in [0.2, 0.25) is 0 Å². The first-order valence-electron chi connectivity index (χ1n) is 33.4. The van der Waals surface area contributed by atoms with E-state index in [9.17, 15) is 19.4 Å². The maximum absolute atomic E-state index is 13.0. The van der Waals surface area contributed by atoms with Crippen LogP contribution >= 0.6 is 7.82 Å². The SMILES string of the molecule is CCCCC/C=C/CC/C=C/CC/C=C/C(O)C(COP(=O)([O-])OCC[N+](C)(C)C)NC(=O)CCCCCCCCCCCCCCCCCCCCCCCCCCCCCCCCCCCCCCCCCCC. The van der Waals surface area contributed by atoms with Crippen LogP contribution in [0, 0.1) is 0 Å². The summed E-state index contributed by atoms with van der Waals surface area (Å²) in [6.45, 7) is 4.62. The van der Waals surface area contributed by atoms with Gasteiger partial charge in [-0.2, -0.15) is 0 Å². The summed E-state index contributed by atoms with van der Waals surface area (Å²) < 4.78 is 23.3. The third kappa shape index (κ3) is 60.4. The summed E-state index contributed by atoms with van der Waals surface area (Å²) in [7, 11) is 1.24. The van der Waals surface area contributed by atoms with E-state index in [0.717, 1.165) is 51.4 Å². The molecule has 0 aliphatic heterocycles. The molecule has 0 rings (SSSR count). The first-order valence-corrected chi connectivity index (χ1v) is 34.8. The van der Waals surface area contributed by atoms with Gasteiger partial charge in [-0.1, -0.05) is 320 Å². The van der Waals surface area contributed by atoms with E-state index in [2.05, 4.69) is 43.5 Å². The Hall–Kier alpha value is -1.28. The summed E-state index contributed by atoms with van der Waals surface area (Å²) in [5, 5.41) is 13.8. The summed E-state index contributed by atoms with van der Waals surface area (Å²) >= 11 is 0. The molecule has 0 aromatic carbocycles. The van der Waals surface area contributed by atoms with Crippen molar-refractivity contribution in [2.24, 2.45) is 0 Å². The average molecular weight is 1090 g/mol. The van der Waals surface area contributed by atoms with Crippen LogP contribution in [-0.2, 0) is 18.4 Å². The maximum Gasteiger partial charge on any atom is 0.268 e. The zero-order chi connectivity index (χ0) is 55.6. The number of phosphoric acid groups is 1. The van der Waals surface area contributed by atoms with Gasteiger partial charge >= 0.3 is 0 Å². The number of amides is 1. The molecule has 0 aliphatic carbocycles. The average Bonchev–Trinajstić information content (AvgIpc) is 3.38. The van der Waals surface area contributed by atoms with E-state index in [1.165, 1.54) is 263 Å². The highest BCUT2D eigenvalue weighted by atomic mass is 31.2. The Bertz CT molecular complexity index is 1330. The van der Waals surface area contributed by atoms with E-state index in [-0.39, 0.29) is 12.5 Å². The highest BCUT2D eigenvalue weighted by molar-refractivity contribution is 7.45. The Morgan fingerprint density at radius 1 is 0.447 bits per heavy atom. The van der Waals surface area contributed by atoms with Crippen molar-refractivity contribution in [3.05, 3.63) is 36.5 Å². The van der Waals surface area contributed by atoms with Crippen molar-refractivity contribution in [1.29, 1.82) is 0 Å². The molecule has 3 unspecified atom stereocenters. The van der Waals surface area contributed by atoms with Gasteiger partial charge in [0.1, 0.15) is 13.2 Å². The third-order valence-electron chi connectivity index (χ3n) is 15.3. The molecule has 0 heterocycles. The molecule has 8 nitrogen and oxygen atoms in total. The van der Waals surface area contributed by atoms with Gasteiger partial charge in [0.05, 0.1) is 39.9 Å². The molecule has 0 aliphatic rings. The third-order valence-corrected chi connectivity index (χ3v) is 16.3. The van der Waals surface area contributed by atoms with E-state index < -0.39 is 26.6 Å². The fourth-order valence-electron chi connectivity index (χ4n) is 10.1. The molecule has 1 amide bonds. The van der Waals surface area contributed by atoms with Gasteiger partial charge < -0.3 is 28.8 Å². The Morgan fingerprint density at radius 2 is 0.737 bits per heavy atom. The second-order valence-electron chi connectivity index (χ2n) is 24.2. The number of hydrogen-bond acceptors (Lipinski definition) is 6. The molecule has 0 fully saturated rings. The number of unbranched alkanes of at least 4 members (excludes halogenated alkanes) is 45. The van der Waals surface area contributed by atoms with Crippen molar-refractivity contribution in [2.75, 3.05) is 40.9 Å². The number of nitrogens with one attached hydrogen (secondary N) is 1. The molecule has 0 aromatic rings. The summed E-state index contributed by atoms with van der Waals surface area (Å²) in [5.41, 5.74) is 0. The van der Waals surface area contributed by atoms with Crippen LogP contribution < -0.4 is 10.2 Å². The number of aliphatic hydroxyl groups excluding tert-OH is 1. The van der Waals surface area contributed by atoms with Crippen LogP contribution in [0.15, 0.2) is 36.5 Å². The van der Waals surface area contributed by atoms with Crippen LogP contribution in [0.5, 0.6) is 0 Å². The predicted octanol–water partition coefficient (Wildman–Crippen LogP) is 20.3. The van der Waals surface area contributed by atoms with E-state index in [1.54, 1.807) is 6.08 Å². The van der Waals surface area contributed by atoms with Gasteiger partial charge in [0, 0.05) is 6.42 Å². The topological polar surface area (TPSA) is 108 Å². The van der Waals surface area contributed by atoms with Gasteiger partial charge in [-0.15, -0.1) is 0 Å². The zero-order valence-corrected chi connectivity index (χ0v) is 52.4. The van der Waals surface area contributed by atoms with Gasteiger partial charge in [-0.05, 0) is 44.9 Å². The number of nitrogens with zero attached hydrogens (tertiary/aromatic N) is 1. The Balaban J connectivity index is 3.81. The number of hydrogen-bond donors (Lipinski definition) is 2. The number of likely N-dealkylation sites (N-methyl/N-ethyl adjacent to an activating group) is 1. The molecule has 450 valence electrons. The molecule has 0 saturated carbocycles. The Morgan fingerprint density at radius 3 is 1.07 bits per heavy atom. The molecular formula is C67H131N2O6P. The second kappa shape index (κ2) is 58.4. The predicted molar refractivity (Wildman–Crippen MR) is 330 cm³/mol. The fourth-order valence-corrected chi connectivity index (χ4v) is 10.9. The highest BCUT2D eigenvalue weighted by Gasteiger charge is 2.23. The number of allylic oxidation sites excluding steroid dienone is 5. The number of rotatable bonds is 62. The molecule has 0 bridgehead atoms. The van der Waals surface area contributed by atoms with E-state index in [0.29, 0.717) is 17.4 Å². The minimum absolute atomic E-state index is 0.00761. The fraction of sp³-hybridized carbons (Fsp3) is 0.896. The monoisotopic (exact) mass is 1090 g/mol. The summed E-state index contributed by atoms with van der Waals surface area (Å²) in [4.78, 5) is 25.5. The first-order chi connectivity index (χ1) is 37.0. The van der Waals surface area contributed by atoms with Crippen molar-refractivity contribution >= 4 is 13.7 Å². The molecule has 0 spiro atoms. The molecule has 3 atom stereocenters. The zero-order valence-electron chi connectivity index (χ0n) is 51.5. The second-order valence-corrected chi connectivity index (χ2v) is 25.6. The Kier molecular flexibility index (Phi) is 57.4. The Labute approximate surface area is 474 Å². The number of carbonyl (C=O) groups is 1. The van der Waals surface area contributed by atoms with Crippen molar-refractivity contribution < 1.29 is 32.9 Å². The first kappa shape index (κ1) is 74.7. The summed E-state index contributed by atoms with van der Waals surface area (Å²) in [5.74, 6) is -0.207. The minimum atomic E-state index is -4.60. The lowest BCUT2D eigenvalue weighted by Gasteiger charge is -2.29. The van der Waals surface area contributed by atoms with Crippen LogP contribution in [0.1, 0.15) is 335 Å². The molecule has 0 radical (unpaired) electrons. The number of aliphatic hydroxyl groups is 1. The van der Waals surface area contributed by atoms with Gasteiger partial charge in [0.15, 0.2) is 0 Å². The maximum atomic E-state index is 13.0. The van der Waals surface area contributed by atoms with Gasteiger partial charge in [0.2, 0.25) is 5.91 Å². The van der Waals surface area contributed by atoms with Crippen LogP contribution in [0.25, 0.3) is 0 Å². The molecule has 9 heteroatoms. The number of phosphoric ester groups is 1. The lowest BCUT2D eigenvalue weighted by atomic mass is 10.0. The summed E-state index contributed by atoms with van der Waals surface area (Å²) in [6.07, 6.45) is 77.3. The molecule has 0 aromatic heterocycles. The van der Waals surface area contributed by atoms with Gasteiger partial charge in [-0.3, -0.25) is 9.36 Å². The molecule has 76 heavy (non-hydrogen) atoms. The quantitative estimate of drug-likeness (QED) is 0.0272. The highest BCUT2D eigenvalue weighted by Crippen LogP contribution is 2.38. The van der Waals surface area contributed by atoms with Crippen LogP contribution in [0.3, 0.4) is 0 Å². The minimum Gasteiger partial charge on any atom is -0.756 e. The van der Waals surface area contributed by atoms with E-state index in [4.69, 9.17) is 9.05 Å². The summed E-state index contributed by atoms with van der Waals surface area (Å²) in [6, 6.07) is -0.907. The van der Waals surface area contributed by atoms with Crippen molar-refractivity contribution in [1.82, 2.24) is 5.32 Å². The van der Waals surface area contributed by atoms with E-state index >= 15 is 0 Å². The lowest BCUT2D eigenvalue weighted by molar-refractivity contribution is -0.870. The van der Waals surface area contributed by atoms with Crippen molar-refractivity contribution in [3.63, 3.8) is 0 Å².